The lowest BCUT2D eigenvalue weighted by atomic mass is 9.96. The van der Waals surface area contributed by atoms with E-state index in [4.69, 9.17) is 15.6 Å². The molecule has 2 atom stereocenters. The molecule has 1 aliphatic heterocycles. The molecule has 3 amide bonds. The van der Waals surface area contributed by atoms with Gasteiger partial charge in [-0.3, -0.25) is 9.59 Å². The number of hydrogen-bond acceptors (Lipinski definition) is 5. The van der Waals surface area contributed by atoms with Gasteiger partial charge in [0.1, 0.15) is 18.0 Å². The van der Waals surface area contributed by atoms with Crippen LogP contribution in [0.2, 0.25) is 0 Å². The van der Waals surface area contributed by atoms with Crippen molar-refractivity contribution in [2.45, 2.75) is 25.4 Å². The summed E-state index contributed by atoms with van der Waals surface area (Å²) < 4.78 is 25.3. The summed E-state index contributed by atoms with van der Waals surface area (Å²) in [6.45, 7) is 2.20. The summed E-state index contributed by atoms with van der Waals surface area (Å²) >= 11 is 0. The zero-order valence-corrected chi connectivity index (χ0v) is 18.4. The van der Waals surface area contributed by atoms with Gasteiger partial charge in [-0.25, -0.2) is 14.1 Å². The highest BCUT2D eigenvalue weighted by Crippen LogP contribution is 2.39. The van der Waals surface area contributed by atoms with Gasteiger partial charge in [0.15, 0.2) is 11.3 Å². The predicted molar refractivity (Wildman–Crippen MR) is 120 cm³/mol. The number of halogens is 1. The Morgan fingerprint density at radius 1 is 1.29 bits per heavy atom. The Labute approximate surface area is 194 Å². The number of terminal acetylenes is 1. The van der Waals surface area contributed by atoms with E-state index in [1.165, 1.54) is 19.1 Å². The van der Waals surface area contributed by atoms with Crippen LogP contribution >= 0.6 is 0 Å². The van der Waals surface area contributed by atoms with Crippen LogP contribution in [-0.4, -0.2) is 51.5 Å². The first kappa shape index (κ1) is 22.9. The quantitative estimate of drug-likeness (QED) is 0.585. The Balaban J connectivity index is 1.79. The molecule has 0 saturated carbocycles. The van der Waals surface area contributed by atoms with Crippen molar-refractivity contribution < 1.29 is 33.0 Å². The molecular weight excluding hydrogens is 443 g/mol. The van der Waals surface area contributed by atoms with Crippen LogP contribution in [0.3, 0.4) is 0 Å². The number of nitrogens with zero attached hydrogens (tertiary/aromatic N) is 2. The molecule has 34 heavy (non-hydrogen) atoms. The molecule has 0 radical (unpaired) electrons. The Bertz CT molecular complexity index is 1330. The van der Waals surface area contributed by atoms with E-state index in [-0.39, 0.29) is 29.0 Å². The molecule has 0 spiro atoms. The second-order valence-electron chi connectivity index (χ2n) is 8.10. The number of furan rings is 1. The zero-order chi connectivity index (χ0) is 24.6. The highest BCUT2D eigenvalue weighted by molar-refractivity contribution is 6.06. The molecule has 0 saturated heterocycles. The lowest BCUT2D eigenvalue weighted by Crippen LogP contribution is -2.63. The molecule has 1 unspecified atom stereocenters. The van der Waals surface area contributed by atoms with Crippen molar-refractivity contribution in [1.82, 2.24) is 9.80 Å². The van der Waals surface area contributed by atoms with Gasteiger partial charge in [-0.1, -0.05) is 36.3 Å². The number of imide groups is 1. The first-order chi connectivity index (χ1) is 16.2. The van der Waals surface area contributed by atoms with Crippen LogP contribution in [0.5, 0.6) is 5.75 Å². The number of carboxylic acid groups (broad SMARTS) is 1. The van der Waals surface area contributed by atoms with E-state index in [1.54, 1.807) is 37.3 Å². The minimum atomic E-state index is -1.80. The van der Waals surface area contributed by atoms with Crippen LogP contribution in [0, 0.1) is 18.2 Å². The number of rotatable bonds is 4. The van der Waals surface area contributed by atoms with Gasteiger partial charge in [0.05, 0.1) is 18.0 Å². The second kappa shape index (κ2) is 8.56. The van der Waals surface area contributed by atoms with Gasteiger partial charge in [0, 0.05) is 0 Å². The maximum Gasteiger partial charge on any atom is 0.414 e. The molecule has 174 valence electrons. The van der Waals surface area contributed by atoms with Crippen molar-refractivity contribution in [3.8, 4) is 18.1 Å². The highest BCUT2D eigenvalue weighted by atomic mass is 19.1. The first-order valence-electron chi connectivity index (χ1n) is 10.4. The number of fused-ring (bicyclic) bond motifs is 3. The van der Waals surface area contributed by atoms with Gasteiger partial charge in [0.2, 0.25) is 5.76 Å². The van der Waals surface area contributed by atoms with E-state index in [0.29, 0.717) is 10.5 Å². The van der Waals surface area contributed by atoms with E-state index in [9.17, 15) is 23.9 Å². The van der Waals surface area contributed by atoms with Gasteiger partial charge in [-0.05, 0) is 37.6 Å². The minimum Gasteiger partial charge on any atom is -0.486 e. The SMILES string of the molecule is C#CCN1C(=O)c2oc3ccc(F)cc3c2OCC1(C)C(=O)N(C(=O)O)[C@@H](C)c1ccccc1. The number of ether oxygens (including phenoxy) is 1. The fourth-order valence-corrected chi connectivity index (χ4v) is 4.05. The maximum absolute atomic E-state index is 13.9. The summed E-state index contributed by atoms with van der Waals surface area (Å²) in [5, 5.41) is 10.2. The number of benzene rings is 2. The van der Waals surface area contributed by atoms with Crippen LogP contribution < -0.4 is 4.74 Å². The van der Waals surface area contributed by atoms with Crippen molar-refractivity contribution in [2.75, 3.05) is 13.2 Å². The molecule has 3 aromatic rings. The van der Waals surface area contributed by atoms with Crippen molar-refractivity contribution in [2.24, 2.45) is 0 Å². The third kappa shape index (κ3) is 3.63. The standard InChI is InChI=1S/C25H21FN2O6/c1-4-12-27-22(29)21-20(18-13-17(26)10-11-19(18)34-21)33-14-25(27,3)23(30)28(24(31)32)15(2)16-8-6-5-7-9-16/h1,5-11,13,15H,12,14H2,2-3H3,(H,31,32)/t15-,25?/m0/s1. The highest BCUT2D eigenvalue weighted by Gasteiger charge is 2.51. The van der Waals surface area contributed by atoms with Crippen LogP contribution in [0.1, 0.15) is 36.0 Å². The summed E-state index contributed by atoms with van der Waals surface area (Å²) in [6.07, 6.45) is 3.99. The fourth-order valence-electron chi connectivity index (χ4n) is 4.05. The normalized spacial score (nSPS) is 18.4. The molecule has 0 fully saturated rings. The van der Waals surface area contributed by atoms with E-state index in [0.717, 1.165) is 11.0 Å². The van der Waals surface area contributed by atoms with E-state index >= 15 is 0 Å². The average molecular weight is 464 g/mol. The van der Waals surface area contributed by atoms with Crippen LogP contribution in [-0.2, 0) is 4.79 Å². The van der Waals surface area contributed by atoms with Gasteiger partial charge >= 0.3 is 6.09 Å². The van der Waals surface area contributed by atoms with Crippen LogP contribution in [0.15, 0.2) is 52.9 Å². The average Bonchev–Trinajstić information content (AvgIpc) is 3.13. The smallest absolute Gasteiger partial charge is 0.414 e. The maximum atomic E-state index is 13.9. The lowest BCUT2D eigenvalue weighted by Gasteiger charge is -2.40. The minimum absolute atomic E-state index is 0.0315. The summed E-state index contributed by atoms with van der Waals surface area (Å²) in [5.74, 6) is -0.174. The van der Waals surface area contributed by atoms with E-state index in [1.807, 2.05) is 0 Å². The monoisotopic (exact) mass is 464 g/mol. The van der Waals surface area contributed by atoms with Gasteiger partial charge in [0.25, 0.3) is 11.8 Å². The number of hydrogen-bond donors (Lipinski definition) is 1. The summed E-state index contributed by atoms with van der Waals surface area (Å²) in [5.41, 5.74) is -0.994. The molecule has 1 aliphatic rings. The van der Waals surface area contributed by atoms with Gasteiger partial charge < -0.3 is 19.2 Å². The molecule has 1 N–H and O–H groups in total. The summed E-state index contributed by atoms with van der Waals surface area (Å²) in [7, 11) is 0. The van der Waals surface area contributed by atoms with Crippen molar-refractivity contribution in [1.29, 1.82) is 0 Å². The first-order valence-corrected chi connectivity index (χ1v) is 10.4. The van der Waals surface area contributed by atoms with Crippen molar-refractivity contribution >= 4 is 28.9 Å². The van der Waals surface area contributed by atoms with Crippen molar-refractivity contribution in [3.63, 3.8) is 0 Å². The molecule has 4 rings (SSSR count). The Hall–Kier alpha value is -4.32. The Morgan fingerprint density at radius 2 is 2.00 bits per heavy atom. The zero-order valence-electron chi connectivity index (χ0n) is 18.4. The summed E-state index contributed by atoms with van der Waals surface area (Å²) in [6, 6.07) is 11.4. The van der Waals surface area contributed by atoms with Crippen LogP contribution in [0.25, 0.3) is 11.0 Å². The number of carbonyl (C=O) groups is 3. The summed E-state index contributed by atoms with van der Waals surface area (Å²) in [4.78, 5) is 41.2. The van der Waals surface area contributed by atoms with E-state index < -0.39 is 41.9 Å². The molecule has 0 bridgehead atoms. The number of amides is 3. The largest absolute Gasteiger partial charge is 0.486 e. The Morgan fingerprint density at radius 3 is 2.65 bits per heavy atom. The van der Waals surface area contributed by atoms with Crippen molar-refractivity contribution in [3.05, 3.63) is 65.7 Å². The lowest BCUT2D eigenvalue weighted by molar-refractivity contribution is -0.143. The third-order valence-electron chi connectivity index (χ3n) is 5.94. The van der Waals surface area contributed by atoms with E-state index in [2.05, 4.69) is 5.92 Å². The molecule has 1 aromatic heterocycles. The number of carbonyl (C=O) groups excluding carboxylic acids is 2. The molecule has 9 heteroatoms. The molecule has 0 aliphatic carbocycles. The topological polar surface area (TPSA) is 100 Å². The molecule has 2 aromatic carbocycles. The third-order valence-corrected chi connectivity index (χ3v) is 5.94. The van der Waals surface area contributed by atoms with Gasteiger partial charge in [-0.2, -0.15) is 0 Å². The second-order valence-corrected chi connectivity index (χ2v) is 8.10. The molecule has 8 nitrogen and oxygen atoms in total. The molecular formula is C25H21FN2O6. The molecule has 2 heterocycles. The van der Waals surface area contributed by atoms with Crippen LogP contribution in [0.4, 0.5) is 9.18 Å². The van der Waals surface area contributed by atoms with Gasteiger partial charge in [-0.15, -0.1) is 6.42 Å². The predicted octanol–water partition coefficient (Wildman–Crippen LogP) is 4.07. The Kier molecular flexibility index (Phi) is 5.75. The fraction of sp³-hybridized carbons (Fsp3) is 0.240.